The summed E-state index contributed by atoms with van der Waals surface area (Å²) < 4.78 is 40.4. The molecule has 0 atom stereocenters. The first kappa shape index (κ1) is 15.3. The van der Waals surface area contributed by atoms with E-state index in [2.05, 4.69) is 9.72 Å². The van der Waals surface area contributed by atoms with E-state index >= 15 is 0 Å². The number of fused-ring (bicyclic) bond motifs is 1. The predicted molar refractivity (Wildman–Crippen MR) is 80.3 cm³/mol. The van der Waals surface area contributed by atoms with Gasteiger partial charge in [-0.05, 0) is 25.1 Å². The van der Waals surface area contributed by atoms with Crippen molar-refractivity contribution in [1.82, 2.24) is 4.98 Å². The van der Waals surface area contributed by atoms with Gasteiger partial charge in [0.05, 0.1) is 0 Å². The highest BCUT2D eigenvalue weighted by atomic mass is 19.3. The standard InChI is InChI=1S/C16H16F2N2O3/c1-10-5-12(3-4-19-10)20(2)8-11-6-14-15(22-9-21-14)7-13(11)23-16(17)18/h3-7,16H,8-9H2,1-2H3. The van der Waals surface area contributed by atoms with Crippen LogP contribution in [0, 0.1) is 6.92 Å². The van der Waals surface area contributed by atoms with Gasteiger partial charge in [0.2, 0.25) is 6.79 Å². The van der Waals surface area contributed by atoms with Crippen LogP contribution in [-0.2, 0) is 6.54 Å². The quantitative estimate of drug-likeness (QED) is 0.844. The third-order valence-electron chi connectivity index (χ3n) is 3.50. The van der Waals surface area contributed by atoms with Crippen LogP contribution in [0.4, 0.5) is 14.5 Å². The molecule has 122 valence electrons. The molecule has 0 fully saturated rings. The Morgan fingerprint density at radius 1 is 1.26 bits per heavy atom. The lowest BCUT2D eigenvalue weighted by Crippen LogP contribution is -2.18. The molecule has 5 nitrogen and oxygen atoms in total. The number of alkyl halides is 2. The number of hydrogen-bond donors (Lipinski definition) is 0. The molecule has 0 saturated carbocycles. The monoisotopic (exact) mass is 322 g/mol. The molecule has 3 rings (SSSR count). The van der Waals surface area contributed by atoms with Crippen molar-refractivity contribution >= 4 is 5.69 Å². The lowest BCUT2D eigenvalue weighted by molar-refractivity contribution is -0.0505. The minimum atomic E-state index is -2.90. The van der Waals surface area contributed by atoms with Crippen LogP contribution in [0.3, 0.4) is 0 Å². The van der Waals surface area contributed by atoms with Crippen molar-refractivity contribution in [2.45, 2.75) is 20.1 Å². The van der Waals surface area contributed by atoms with E-state index in [1.807, 2.05) is 31.0 Å². The fourth-order valence-electron chi connectivity index (χ4n) is 2.41. The highest BCUT2D eigenvalue weighted by Gasteiger charge is 2.21. The number of halogens is 2. The van der Waals surface area contributed by atoms with Crippen LogP contribution in [0.2, 0.25) is 0 Å². The van der Waals surface area contributed by atoms with Crippen molar-refractivity contribution in [2.24, 2.45) is 0 Å². The summed E-state index contributed by atoms with van der Waals surface area (Å²) in [5.41, 5.74) is 2.40. The van der Waals surface area contributed by atoms with E-state index in [4.69, 9.17) is 9.47 Å². The third-order valence-corrected chi connectivity index (χ3v) is 3.50. The average molecular weight is 322 g/mol. The summed E-state index contributed by atoms with van der Waals surface area (Å²) >= 11 is 0. The topological polar surface area (TPSA) is 43.8 Å². The maximum atomic E-state index is 12.6. The Bertz CT molecular complexity index is 710. The minimum Gasteiger partial charge on any atom is -0.454 e. The zero-order valence-corrected chi connectivity index (χ0v) is 12.8. The van der Waals surface area contributed by atoms with Gasteiger partial charge >= 0.3 is 6.61 Å². The number of anilines is 1. The molecular formula is C16H16F2N2O3. The summed E-state index contributed by atoms with van der Waals surface area (Å²) in [4.78, 5) is 6.07. The van der Waals surface area contributed by atoms with Gasteiger partial charge in [-0.2, -0.15) is 8.78 Å². The Labute approximate surface area is 132 Å². The zero-order chi connectivity index (χ0) is 16.4. The smallest absolute Gasteiger partial charge is 0.387 e. The summed E-state index contributed by atoms with van der Waals surface area (Å²) in [7, 11) is 1.87. The molecule has 0 spiro atoms. The molecule has 1 aliphatic heterocycles. The predicted octanol–water partition coefficient (Wildman–Crippen LogP) is 3.36. The van der Waals surface area contributed by atoms with Gasteiger partial charge < -0.3 is 19.1 Å². The second-order valence-electron chi connectivity index (χ2n) is 5.20. The SMILES string of the molecule is Cc1cc(N(C)Cc2cc3c(cc2OC(F)F)OCO3)ccn1. The van der Waals surface area contributed by atoms with Crippen LogP contribution < -0.4 is 19.1 Å². The Balaban J connectivity index is 1.88. The molecule has 0 aliphatic carbocycles. The highest BCUT2D eigenvalue weighted by molar-refractivity contribution is 5.54. The van der Waals surface area contributed by atoms with Gasteiger partial charge in [0, 0.05) is 42.8 Å². The second kappa shape index (κ2) is 6.28. The largest absolute Gasteiger partial charge is 0.454 e. The summed E-state index contributed by atoms with van der Waals surface area (Å²) in [6.07, 6.45) is 1.71. The lowest BCUT2D eigenvalue weighted by Gasteiger charge is -2.21. The van der Waals surface area contributed by atoms with Gasteiger partial charge in [0.1, 0.15) is 5.75 Å². The molecule has 23 heavy (non-hydrogen) atoms. The Morgan fingerprint density at radius 3 is 2.70 bits per heavy atom. The molecule has 1 aliphatic rings. The van der Waals surface area contributed by atoms with Crippen LogP contribution in [0.1, 0.15) is 11.3 Å². The number of ether oxygens (including phenoxy) is 3. The third kappa shape index (κ3) is 3.44. The molecule has 2 heterocycles. The summed E-state index contributed by atoms with van der Waals surface area (Å²) in [5, 5.41) is 0. The Morgan fingerprint density at radius 2 is 2.00 bits per heavy atom. The molecular weight excluding hydrogens is 306 g/mol. The van der Waals surface area contributed by atoms with Gasteiger partial charge in [-0.15, -0.1) is 0 Å². The number of benzene rings is 1. The molecule has 0 unspecified atom stereocenters. The van der Waals surface area contributed by atoms with Gasteiger partial charge in [0.15, 0.2) is 11.5 Å². The first-order valence-corrected chi connectivity index (χ1v) is 7.04. The molecule has 1 aromatic carbocycles. The fraction of sp³-hybridized carbons (Fsp3) is 0.312. The zero-order valence-electron chi connectivity index (χ0n) is 12.8. The maximum Gasteiger partial charge on any atom is 0.387 e. The number of rotatable bonds is 5. The van der Waals surface area contributed by atoms with Crippen LogP contribution in [0.5, 0.6) is 17.2 Å². The second-order valence-corrected chi connectivity index (χ2v) is 5.20. The molecule has 0 N–H and O–H groups in total. The van der Waals surface area contributed by atoms with Crippen molar-refractivity contribution in [3.63, 3.8) is 0 Å². The van der Waals surface area contributed by atoms with E-state index < -0.39 is 6.61 Å². The first-order chi connectivity index (χ1) is 11.0. The Kier molecular flexibility index (Phi) is 4.18. The minimum absolute atomic E-state index is 0.0757. The number of hydrogen-bond acceptors (Lipinski definition) is 5. The van der Waals surface area contributed by atoms with Crippen LogP contribution in [0.15, 0.2) is 30.5 Å². The molecule has 1 aromatic heterocycles. The number of nitrogens with zero attached hydrogens (tertiary/aromatic N) is 2. The molecule has 2 aromatic rings. The van der Waals surface area contributed by atoms with E-state index in [1.165, 1.54) is 6.07 Å². The van der Waals surface area contributed by atoms with Crippen molar-refractivity contribution in [3.05, 3.63) is 41.7 Å². The molecule has 0 radical (unpaired) electrons. The normalized spacial score (nSPS) is 12.6. The van der Waals surface area contributed by atoms with E-state index in [0.717, 1.165) is 11.4 Å². The van der Waals surface area contributed by atoms with Crippen LogP contribution >= 0.6 is 0 Å². The van der Waals surface area contributed by atoms with Gasteiger partial charge in [-0.25, -0.2) is 0 Å². The first-order valence-electron chi connectivity index (χ1n) is 7.04. The average Bonchev–Trinajstić information content (AvgIpc) is 2.94. The Hall–Kier alpha value is -2.57. The molecule has 7 heteroatoms. The molecule has 0 bridgehead atoms. The number of aryl methyl sites for hydroxylation is 1. The van der Waals surface area contributed by atoms with Crippen molar-refractivity contribution in [3.8, 4) is 17.2 Å². The van der Waals surface area contributed by atoms with Crippen molar-refractivity contribution in [1.29, 1.82) is 0 Å². The molecule has 0 saturated heterocycles. The molecule has 0 amide bonds. The van der Waals surface area contributed by atoms with Crippen molar-refractivity contribution < 1.29 is 23.0 Å². The number of aromatic nitrogens is 1. The van der Waals surface area contributed by atoms with E-state index in [0.29, 0.717) is 23.6 Å². The highest BCUT2D eigenvalue weighted by Crippen LogP contribution is 2.39. The van der Waals surface area contributed by atoms with Crippen LogP contribution in [0.25, 0.3) is 0 Å². The van der Waals surface area contributed by atoms with Crippen molar-refractivity contribution in [2.75, 3.05) is 18.7 Å². The number of pyridine rings is 1. The maximum absolute atomic E-state index is 12.6. The summed E-state index contributed by atoms with van der Waals surface area (Å²) in [5.74, 6) is 1.02. The van der Waals surface area contributed by atoms with Gasteiger partial charge in [-0.1, -0.05) is 0 Å². The van der Waals surface area contributed by atoms with E-state index in [-0.39, 0.29) is 12.5 Å². The van der Waals surface area contributed by atoms with E-state index in [9.17, 15) is 8.78 Å². The van der Waals surface area contributed by atoms with Crippen LogP contribution in [-0.4, -0.2) is 25.4 Å². The fourth-order valence-corrected chi connectivity index (χ4v) is 2.41. The van der Waals surface area contributed by atoms with Gasteiger partial charge in [0.25, 0.3) is 0 Å². The lowest BCUT2D eigenvalue weighted by atomic mass is 10.1. The summed E-state index contributed by atoms with van der Waals surface area (Å²) in [6.45, 7) is -0.555. The van der Waals surface area contributed by atoms with Gasteiger partial charge in [-0.3, -0.25) is 4.98 Å². The van der Waals surface area contributed by atoms with E-state index in [1.54, 1.807) is 12.3 Å². The summed E-state index contributed by atoms with van der Waals surface area (Å²) in [6, 6.07) is 6.88.